The van der Waals surface area contributed by atoms with Crippen LogP contribution < -0.4 is 15.5 Å². The second kappa shape index (κ2) is 15.5. The number of carbonyl (C=O) groups is 2. The second-order valence-electron chi connectivity index (χ2n) is 12.5. The number of rotatable bonds is 11. The van der Waals surface area contributed by atoms with E-state index < -0.39 is 0 Å². The standard InChI is InChI=1S/C37H45N3O5/c41-36(39-45-35-15-6-7-22-43-35)30-18-16-27(17-19-30)23-28(26-44-34-14-8-12-29-9-4-5-13-33(29)34)24-38-32-20-21-40(25-32)37(42)31-10-2-1-3-11-31/h4-5,8-9,12-14,16-19,23,31-32,35,38H,1-3,6-7,10-11,15,20-22,24-26H2,(H,39,41)/b28-23+. The molecule has 1 aliphatic carbocycles. The van der Waals surface area contributed by atoms with E-state index in [0.29, 0.717) is 31.2 Å². The molecule has 45 heavy (non-hydrogen) atoms. The van der Waals surface area contributed by atoms with Crippen molar-refractivity contribution >= 4 is 28.7 Å². The smallest absolute Gasteiger partial charge is 0.274 e. The number of hydrogen-bond donors (Lipinski definition) is 2. The average molecular weight is 612 g/mol. The fourth-order valence-corrected chi connectivity index (χ4v) is 6.59. The van der Waals surface area contributed by atoms with Gasteiger partial charge < -0.3 is 19.7 Å². The third-order valence-electron chi connectivity index (χ3n) is 9.20. The highest BCUT2D eigenvalue weighted by molar-refractivity contribution is 5.93. The SMILES string of the molecule is O=C(NOC1CCCCO1)c1ccc(/C=C(\CNC2CCN(C(=O)C3CCCCC3)C2)COc2cccc3ccccc23)cc1. The first-order chi connectivity index (χ1) is 22.1. The zero-order chi connectivity index (χ0) is 30.8. The minimum atomic E-state index is -0.390. The van der Waals surface area contributed by atoms with Gasteiger partial charge in [0.25, 0.3) is 5.91 Å². The minimum Gasteiger partial charge on any atom is -0.489 e. The van der Waals surface area contributed by atoms with Gasteiger partial charge in [-0.05, 0) is 66.8 Å². The van der Waals surface area contributed by atoms with E-state index >= 15 is 0 Å². The number of likely N-dealkylation sites (tertiary alicyclic amines) is 1. The summed E-state index contributed by atoms with van der Waals surface area (Å²) in [5, 5.41) is 5.92. The molecular weight excluding hydrogens is 566 g/mol. The summed E-state index contributed by atoms with van der Waals surface area (Å²) >= 11 is 0. The number of ether oxygens (including phenoxy) is 2. The molecule has 6 rings (SSSR count). The zero-order valence-corrected chi connectivity index (χ0v) is 26.0. The number of amides is 2. The molecule has 2 unspecified atom stereocenters. The van der Waals surface area contributed by atoms with Crippen LogP contribution in [0.5, 0.6) is 5.75 Å². The van der Waals surface area contributed by atoms with Crippen LogP contribution in [0.1, 0.15) is 73.7 Å². The Morgan fingerprint density at radius 2 is 1.69 bits per heavy atom. The lowest BCUT2D eigenvalue weighted by Gasteiger charge is -2.26. The zero-order valence-electron chi connectivity index (χ0n) is 26.0. The van der Waals surface area contributed by atoms with Crippen LogP contribution in [0.15, 0.2) is 72.3 Å². The molecule has 0 aromatic heterocycles. The van der Waals surface area contributed by atoms with E-state index in [1.54, 1.807) is 12.1 Å². The number of hydrogen-bond acceptors (Lipinski definition) is 6. The normalized spacial score (nSPS) is 21.2. The van der Waals surface area contributed by atoms with Gasteiger partial charge in [0.2, 0.25) is 5.91 Å². The van der Waals surface area contributed by atoms with E-state index in [9.17, 15) is 9.59 Å². The largest absolute Gasteiger partial charge is 0.489 e. The summed E-state index contributed by atoms with van der Waals surface area (Å²) in [6.07, 6.45) is 11.2. The first-order valence-corrected chi connectivity index (χ1v) is 16.6. The molecule has 0 bridgehead atoms. The third-order valence-corrected chi connectivity index (χ3v) is 9.20. The molecule has 2 saturated heterocycles. The second-order valence-corrected chi connectivity index (χ2v) is 12.5. The van der Waals surface area contributed by atoms with Crippen LogP contribution in [0.2, 0.25) is 0 Å². The number of fused-ring (bicyclic) bond motifs is 1. The van der Waals surface area contributed by atoms with E-state index in [1.165, 1.54) is 19.3 Å². The molecule has 2 N–H and O–H groups in total. The number of carbonyl (C=O) groups excluding carboxylic acids is 2. The van der Waals surface area contributed by atoms with E-state index in [2.05, 4.69) is 40.0 Å². The molecule has 2 heterocycles. The predicted molar refractivity (Wildman–Crippen MR) is 176 cm³/mol. The van der Waals surface area contributed by atoms with Gasteiger partial charge in [0.15, 0.2) is 6.29 Å². The van der Waals surface area contributed by atoms with Crippen LogP contribution in [0.25, 0.3) is 16.8 Å². The number of nitrogens with zero attached hydrogens (tertiary/aromatic N) is 1. The van der Waals surface area contributed by atoms with Gasteiger partial charge in [-0.3, -0.25) is 9.59 Å². The Balaban J connectivity index is 1.10. The average Bonchev–Trinajstić information content (AvgIpc) is 3.58. The van der Waals surface area contributed by atoms with Gasteiger partial charge in [-0.1, -0.05) is 73.9 Å². The summed E-state index contributed by atoms with van der Waals surface area (Å²) in [5.41, 5.74) is 5.10. The first kappa shape index (κ1) is 31.3. The quantitative estimate of drug-likeness (QED) is 0.249. The van der Waals surface area contributed by atoms with Crippen molar-refractivity contribution in [2.45, 2.75) is 70.1 Å². The molecular formula is C37H45N3O5. The predicted octanol–water partition coefficient (Wildman–Crippen LogP) is 6.26. The summed E-state index contributed by atoms with van der Waals surface area (Å²) in [6, 6.07) is 22.1. The van der Waals surface area contributed by atoms with E-state index in [4.69, 9.17) is 14.3 Å². The monoisotopic (exact) mass is 611 g/mol. The molecule has 3 aromatic carbocycles. The minimum absolute atomic E-state index is 0.208. The Hall–Kier alpha value is -3.72. The van der Waals surface area contributed by atoms with Crippen molar-refractivity contribution in [3.63, 3.8) is 0 Å². The van der Waals surface area contributed by atoms with Gasteiger partial charge in [-0.25, -0.2) is 10.3 Å². The molecule has 0 spiro atoms. The molecule has 2 amide bonds. The fourth-order valence-electron chi connectivity index (χ4n) is 6.59. The van der Waals surface area contributed by atoms with Crippen molar-refractivity contribution in [3.05, 3.63) is 83.4 Å². The first-order valence-electron chi connectivity index (χ1n) is 16.6. The molecule has 0 radical (unpaired) electrons. The van der Waals surface area contributed by atoms with Gasteiger partial charge in [-0.15, -0.1) is 0 Å². The van der Waals surface area contributed by atoms with Gasteiger partial charge in [-0.2, -0.15) is 0 Å². The summed E-state index contributed by atoms with van der Waals surface area (Å²) in [5.74, 6) is 1.10. The van der Waals surface area contributed by atoms with Crippen molar-refractivity contribution in [3.8, 4) is 5.75 Å². The molecule has 3 aromatic rings. The summed E-state index contributed by atoms with van der Waals surface area (Å²) < 4.78 is 11.9. The molecule has 2 aliphatic heterocycles. The summed E-state index contributed by atoms with van der Waals surface area (Å²) in [6.45, 7) is 3.28. The van der Waals surface area contributed by atoms with E-state index in [1.807, 2.05) is 36.4 Å². The topological polar surface area (TPSA) is 89.1 Å². The number of benzene rings is 3. The fraction of sp³-hybridized carbons (Fsp3) is 0.459. The molecule has 1 saturated carbocycles. The van der Waals surface area contributed by atoms with Crippen LogP contribution in [-0.4, -0.2) is 61.9 Å². The van der Waals surface area contributed by atoms with Gasteiger partial charge >= 0.3 is 0 Å². The molecule has 2 atom stereocenters. The van der Waals surface area contributed by atoms with Crippen LogP contribution in [0, 0.1) is 5.92 Å². The highest BCUT2D eigenvalue weighted by Crippen LogP contribution is 2.28. The molecule has 8 nitrogen and oxygen atoms in total. The van der Waals surface area contributed by atoms with Crippen molar-refractivity contribution < 1.29 is 23.9 Å². The van der Waals surface area contributed by atoms with E-state index in [0.717, 1.165) is 79.3 Å². The van der Waals surface area contributed by atoms with Gasteiger partial charge in [0, 0.05) is 55.6 Å². The van der Waals surface area contributed by atoms with Crippen LogP contribution in [0.3, 0.4) is 0 Å². The Bertz CT molecular complexity index is 1460. The Kier molecular flexibility index (Phi) is 10.8. The van der Waals surface area contributed by atoms with Crippen LogP contribution in [-0.2, 0) is 14.4 Å². The van der Waals surface area contributed by atoms with Gasteiger partial charge in [0.05, 0.1) is 0 Å². The number of nitrogens with one attached hydrogen (secondary N) is 2. The van der Waals surface area contributed by atoms with Crippen LogP contribution in [0.4, 0.5) is 0 Å². The Labute approximate surface area is 266 Å². The lowest BCUT2D eigenvalue weighted by atomic mass is 9.88. The van der Waals surface area contributed by atoms with Crippen molar-refractivity contribution in [2.24, 2.45) is 5.92 Å². The molecule has 3 aliphatic rings. The van der Waals surface area contributed by atoms with Crippen molar-refractivity contribution in [1.82, 2.24) is 15.7 Å². The van der Waals surface area contributed by atoms with Crippen molar-refractivity contribution in [1.29, 1.82) is 0 Å². The Morgan fingerprint density at radius 1 is 0.889 bits per heavy atom. The highest BCUT2D eigenvalue weighted by Gasteiger charge is 2.31. The summed E-state index contributed by atoms with van der Waals surface area (Å²) in [4.78, 5) is 33.3. The summed E-state index contributed by atoms with van der Waals surface area (Å²) in [7, 11) is 0. The Morgan fingerprint density at radius 3 is 2.51 bits per heavy atom. The maximum absolute atomic E-state index is 13.1. The maximum atomic E-state index is 13.1. The third kappa shape index (κ3) is 8.51. The lowest BCUT2D eigenvalue weighted by molar-refractivity contribution is -0.186. The van der Waals surface area contributed by atoms with Gasteiger partial charge in [0.1, 0.15) is 12.4 Å². The molecule has 3 fully saturated rings. The molecule has 238 valence electrons. The maximum Gasteiger partial charge on any atom is 0.274 e. The van der Waals surface area contributed by atoms with Crippen molar-refractivity contribution in [2.75, 3.05) is 32.8 Å². The van der Waals surface area contributed by atoms with E-state index in [-0.39, 0.29) is 24.2 Å². The highest BCUT2D eigenvalue weighted by atomic mass is 16.8. The molecule has 8 heteroatoms. The number of hydroxylamine groups is 1. The lowest BCUT2D eigenvalue weighted by Crippen LogP contribution is -2.39. The van der Waals surface area contributed by atoms with Crippen LogP contribution >= 0.6 is 0 Å².